The average Bonchev–Trinajstić information content (AvgIpc) is 2.94. The zero-order valence-electron chi connectivity index (χ0n) is 13.8. The van der Waals surface area contributed by atoms with Crippen LogP contribution in [0.5, 0.6) is 0 Å². The highest BCUT2D eigenvalue weighted by Gasteiger charge is 2.36. The van der Waals surface area contributed by atoms with Crippen LogP contribution in [0.4, 0.5) is 0 Å². The Bertz CT molecular complexity index is 363. The molecule has 1 unspecified atom stereocenters. The van der Waals surface area contributed by atoms with Crippen molar-refractivity contribution in [2.24, 2.45) is 0 Å². The maximum absolute atomic E-state index is 5.92. The molecule has 1 N–H and O–H groups in total. The fraction of sp³-hybridized carbons (Fsp3) is 0.812. The van der Waals surface area contributed by atoms with Crippen LogP contribution < -0.4 is 5.32 Å². The van der Waals surface area contributed by atoms with Gasteiger partial charge < -0.3 is 14.6 Å². The molecule has 0 aliphatic carbocycles. The first-order valence-electron chi connectivity index (χ1n) is 7.95. The molecule has 0 aliphatic rings. The highest BCUT2D eigenvalue weighted by atomic mass is 16.5. The summed E-state index contributed by atoms with van der Waals surface area (Å²) in [5, 5.41) is 3.67. The van der Waals surface area contributed by atoms with E-state index in [4.69, 9.17) is 4.74 Å². The van der Waals surface area contributed by atoms with E-state index in [1.54, 1.807) is 0 Å². The largest absolute Gasteiger partial charge is 0.377 e. The Balaban J connectivity index is 2.93. The van der Waals surface area contributed by atoms with E-state index in [1.165, 1.54) is 0 Å². The maximum atomic E-state index is 5.92. The van der Waals surface area contributed by atoms with E-state index in [2.05, 4.69) is 48.8 Å². The quantitative estimate of drug-likeness (QED) is 0.716. The van der Waals surface area contributed by atoms with Gasteiger partial charge in [-0.3, -0.25) is 0 Å². The van der Waals surface area contributed by atoms with E-state index >= 15 is 0 Å². The maximum Gasteiger partial charge on any atom is 0.110 e. The van der Waals surface area contributed by atoms with Crippen molar-refractivity contribution in [3.05, 3.63) is 18.2 Å². The molecule has 20 heavy (non-hydrogen) atoms. The second-order valence-corrected chi connectivity index (χ2v) is 5.32. The lowest BCUT2D eigenvalue weighted by Crippen LogP contribution is -2.53. The van der Waals surface area contributed by atoms with E-state index in [-0.39, 0.29) is 5.60 Å². The Morgan fingerprint density at radius 1 is 1.30 bits per heavy atom. The Morgan fingerprint density at radius 3 is 2.50 bits per heavy atom. The minimum atomic E-state index is -0.111. The molecule has 0 spiro atoms. The molecule has 4 nitrogen and oxygen atoms in total. The number of nitrogens with zero attached hydrogens (tertiary/aromatic N) is 2. The van der Waals surface area contributed by atoms with Crippen molar-refractivity contribution >= 4 is 0 Å². The van der Waals surface area contributed by atoms with Gasteiger partial charge in [0, 0.05) is 38.5 Å². The molecule has 116 valence electrons. The summed E-state index contributed by atoms with van der Waals surface area (Å²) in [6.07, 6.45) is 8.01. The number of nitrogens with one attached hydrogen (secondary N) is 1. The Labute approximate surface area is 123 Å². The highest BCUT2D eigenvalue weighted by molar-refractivity contribution is 5.02. The van der Waals surface area contributed by atoms with Gasteiger partial charge in [-0.25, -0.2) is 4.98 Å². The molecule has 0 radical (unpaired) electrons. The van der Waals surface area contributed by atoms with Crippen LogP contribution in [-0.2, 0) is 17.7 Å². The predicted octanol–water partition coefficient (Wildman–Crippen LogP) is 3.02. The van der Waals surface area contributed by atoms with Crippen molar-refractivity contribution in [2.45, 2.75) is 71.6 Å². The van der Waals surface area contributed by atoms with Crippen LogP contribution in [0.3, 0.4) is 0 Å². The second kappa shape index (κ2) is 8.42. The van der Waals surface area contributed by atoms with Crippen molar-refractivity contribution in [3.8, 4) is 0 Å². The first kappa shape index (κ1) is 17.2. The average molecular weight is 281 g/mol. The van der Waals surface area contributed by atoms with Crippen LogP contribution in [0.25, 0.3) is 0 Å². The van der Waals surface area contributed by atoms with Gasteiger partial charge in [-0.2, -0.15) is 0 Å². The summed E-state index contributed by atoms with van der Waals surface area (Å²) in [7, 11) is 1.83. The first-order valence-corrected chi connectivity index (χ1v) is 7.95. The molecule has 1 atom stereocenters. The topological polar surface area (TPSA) is 39.1 Å². The van der Waals surface area contributed by atoms with Gasteiger partial charge in [0.05, 0.1) is 5.60 Å². The number of rotatable bonds is 10. The molecular weight excluding hydrogens is 250 g/mol. The van der Waals surface area contributed by atoms with E-state index < -0.39 is 0 Å². The zero-order valence-corrected chi connectivity index (χ0v) is 13.8. The minimum absolute atomic E-state index is 0.111. The van der Waals surface area contributed by atoms with Crippen LogP contribution in [0.2, 0.25) is 0 Å². The number of hydrogen-bond donors (Lipinski definition) is 1. The molecule has 0 saturated carbocycles. The number of aromatic nitrogens is 2. The number of imidazole rings is 1. The van der Waals surface area contributed by atoms with Crippen molar-refractivity contribution in [1.82, 2.24) is 14.9 Å². The fourth-order valence-electron chi connectivity index (χ4n) is 2.94. The van der Waals surface area contributed by atoms with Crippen LogP contribution in [0.15, 0.2) is 12.4 Å². The monoisotopic (exact) mass is 281 g/mol. The normalized spacial score (nSPS) is 13.7. The van der Waals surface area contributed by atoms with Gasteiger partial charge in [-0.1, -0.05) is 20.8 Å². The Kier molecular flexibility index (Phi) is 7.24. The molecule has 0 aromatic carbocycles. The molecule has 0 fully saturated rings. The number of methoxy groups -OCH3 is 1. The predicted molar refractivity (Wildman–Crippen MR) is 84.0 cm³/mol. The summed E-state index contributed by atoms with van der Waals surface area (Å²) in [5.41, 5.74) is -0.111. The van der Waals surface area contributed by atoms with Crippen LogP contribution in [0, 0.1) is 0 Å². The summed E-state index contributed by atoms with van der Waals surface area (Å²) >= 11 is 0. The standard InChI is InChI=1S/C16H31N3O/c1-6-10-17-14(16(7-2,8-3)20-5)13-15-18-11-12-19(15)9-4/h11-12,14,17H,6-10,13H2,1-5H3. The smallest absolute Gasteiger partial charge is 0.110 e. The Hall–Kier alpha value is -0.870. The van der Waals surface area contributed by atoms with Gasteiger partial charge in [-0.05, 0) is 32.7 Å². The van der Waals surface area contributed by atoms with E-state index in [0.29, 0.717) is 6.04 Å². The number of aryl methyl sites for hydroxylation is 1. The molecule has 0 amide bonds. The van der Waals surface area contributed by atoms with E-state index in [0.717, 1.165) is 44.6 Å². The lowest BCUT2D eigenvalue weighted by atomic mass is 9.85. The molecule has 0 aliphatic heterocycles. The lowest BCUT2D eigenvalue weighted by Gasteiger charge is -2.39. The van der Waals surface area contributed by atoms with Crippen LogP contribution >= 0.6 is 0 Å². The van der Waals surface area contributed by atoms with Crippen LogP contribution in [0.1, 0.15) is 52.8 Å². The van der Waals surface area contributed by atoms with Crippen molar-refractivity contribution in [2.75, 3.05) is 13.7 Å². The molecule has 0 bridgehead atoms. The summed E-state index contributed by atoms with van der Waals surface area (Å²) < 4.78 is 8.13. The van der Waals surface area contributed by atoms with Crippen molar-refractivity contribution < 1.29 is 4.74 Å². The summed E-state index contributed by atoms with van der Waals surface area (Å²) in [5.74, 6) is 1.14. The molecule has 4 heteroatoms. The minimum Gasteiger partial charge on any atom is -0.377 e. The van der Waals surface area contributed by atoms with Crippen LogP contribution in [-0.4, -0.2) is 34.8 Å². The molecule has 1 rings (SSSR count). The molecule has 1 aromatic rings. The van der Waals surface area contributed by atoms with Gasteiger partial charge in [0.2, 0.25) is 0 Å². The summed E-state index contributed by atoms with van der Waals surface area (Å²) in [6.45, 7) is 10.8. The van der Waals surface area contributed by atoms with E-state index in [9.17, 15) is 0 Å². The molecule has 1 aromatic heterocycles. The van der Waals surface area contributed by atoms with Gasteiger partial charge in [0.15, 0.2) is 0 Å². The van der Waals surface area contributed by atoms with Crippen molar-refractivity contribution in [3.63, 3.8) is 0 Å². The second-order valence-electron chi connectivity index (χ2n) is 5.32. The highest BCUT2D eigenvalue weighted by Crippen LogP contribution is 2.26. The van der Waals surface area contributed by atoms with Gasteiger partial charge in [0.25, 0.3) is 0 Å². The van der Waals surface area contributed by atoms with Crippen molar-refractivity contribution in [1.29, 1.82) is 0 Å². The SMILES string of the molecule is CCCNC(Cc1nccn1CC)C(CC)(CC)OC. The lowest BCUT2D eigenvalue weighted by molar-refractivity contribution is -0.0477. The third-order valence-electron chi connectivity index (χ3n) is 4.41. The first-order chi connectivity index (χ1) is 9.67. The van der Waals surface area contributed by atoms with Gasteiger partial charge in [0.1, 0.15) is 5.82 Å². The number of hydrogen-bond acceptors (Lipinski definition) is 3. The third-order valence-corrected chi connectivity index (χ3v) is 4.41. The Morgan fingerprint density at radius 2 is 2.00 bits per heavy atom. The van der Waals surface area contributed by atoms with E-state index in [1.807, 2.05) is 13.3 Å². The zero-order chi connectivity index (χ0) is 15.0. The van der Waals surface area contributed by atoms with Gasteiger partial charge in [-0.15, -0.1) is 0 Å². The number of ether oxygens (including phenoxy) is 1. The fourth-order valence-corrected chi connectivity index (χ4v) is 2.94. The summed E-state index contributed by atoms with van der Waals surface area (Å²) in [4.78, 5) is 4.52. The molecular formula is C16H31N3O. The molecule has 1 heterocycles. The third kappa shape index (κ3) is 3.83. The molecule has 0 saturated heterocycles. The summed E-state index contributed by atoms with van der Waals surface area (Å²) in [6, 6.07) is 0.301. The van der Waals surface area contributed by atoms with Gasteiger partial charge >= 0.3 is 0 Å².